The second kappa shape index (κ2) is 41.4. The van der Waals surface area contributed by atoms with Gasteiger partial charge in [0.25, 0.3) is 0 Å². The standard InChI is InChI=1S/C80H124F8N12O13/c1-14-18-20-27-59-50(6)89-68(49(5)16-3)75(109)93(9)48-66(103)95(11)60-28-21-19-24-36-99(74(60)108)63(43-51-29-32-54(33-30-51)79(83,84)85)72(106)92(8)47-64(101)90-58(34-31-52-41-56(81)67(57(82)42-52)80(86,87)88)71(105)100-46-55(113-17-4)44-61(100)70(104)91-78(7,35-15-2)77(111)97(13)69(53-25-22-23-26-53)76(110)96(12)62(45-65(102)94(59)10)73(107)98-37-39-112-40-38-98/h14-15,49,51-63,67-69,89H,1-2,6,16-48H2,3-5,7-13H3,(H,90,101)(H,91,104)/t49-,51?,52?,54?,55+,56?,57?,58-,59-,60-,61-,62-,63-,67?,68-,69-,78+/m0/s1. The second-order valence-electron chi connectivity index (χ2n) is 32.9. The molecule has 2 bridgehead atoms. The monoisotopic (exact) mass is 1610 g/mol. The number of alkyl halides is 8. The number of unbranched alkanes of at least 4 members (excludes halogenated alkanes) is 1. The van der Waals surface area contributed by atoms with E-state index < -0.39 is 224 Å². The van der Waals surface area contributed by atoms with Crippen LogP contribution in [0.4, 0.5) is 35.1 Å². The van der Waals surface area contributed by atoms with Gasteiger partial charge >= 0.3 is 12.4 Å². The number of morpholine rings is 1. The molecule has 3 N–H and O–H groups in total. The molecule has 113 heavy (non-hydrogen) atoms. The molecule has 0 aromatic rings. The van der Waals surface area contributed by atoms with E-state index in [1.807, 2.05) is 13.8 Å². The molecule has 0 spiro atoms. The van der Waals surface area contributed by atoms with Gasteiger partial charge in [0.05, 0.1) is 50.8 Å². The maximum Gasteiger partial charge on any atom is 0.397 e. The molecule has 0 aromatic heterocycles. The lowest BCUT2D eigenvalue weighted by Crippen LogP contribution is -2.65. The molecule has 4 aliphatic heterocycles. The smallest absolute Gasteiger partial charge is 0.378 e. The third-order valence-electron chi connectivity index (χ3n) is 24.9. The van der Waals surface area contributed by atoms with Crippen LogP contribution in [0, 0.1) is 35.5 Å². The van der Waals surface area contributed by atoms with E-state index in [2.05, 4.69) is 35.7 Å². The summed E-state index contributed by atoms with van der Waals surface area (Å²) in [5.41, 5.74) is -1.73. The highest BCUT2D eigenvalue weighted by atomic mass is 19.4. The Morgan fingerprint density at radius 2 is 1.27 bits per heavy atom. The van der Waals surface area contributed by atoms with Gasteiger partial charge in [-0.2, -0.15) is 26.3 Å². The zero-order valence-electron chi connectivity index (χ0n) is 67.8. The van der Waals surface area contributed by atoms with E-state index in [9.17, 15) is 35.9 Å². The number of carbonyl (C=O) groups excluding carboxylic acids is 11. The third-order valence-corrected chi connectivity index (χ3v) is 24.9. The molecule has 7 fully saturated rings. The summed E-state index contributed by atoms with van der Waals surface area (Å²) in [6, 6.07) is -10.7. The van der Waals surface area contributed by atoms with Crippen LogP contribution in [0.5, 0.6) is 0 Å². The SMILES string of the molecule is C=CCCC[C@H]1C(=C)N[C@@H]([C@@H](C)CC)C(=O)N(C)CC(=O)N(C)[C@H]2CCCCCN(C2=O)[C@@H](CC2CCC(C(F)(F)F)CC2)C(=O)N(C)CC(=O)N[C@@H](CCC2CC(F)C(C(F)(F)F)C(F)C2)C(=O)N2C[C@H](OCC)C[C@H]2C(=O)N[C@](C)(CC=C)C(=O)N(C)[C@@H](C2CCCC2)C(=O)N(C)[C@H](C(=O)N2CCOCC2)CC(=O)N1C. The molecule has 0 radical (unpaired) electrons. The van der Waals surface area contributed by atoms with Gasteiger partial charge in [0.1, 0.15) is 66.1 Å². The molecule has 7 aliphatic rings. The summed E-state index contributed by atoms with van der Waals surface area (Å²) >= 11 is 0. The number of rotatable bonds is 17. The lowest BCUT2D eigenvalue weighted by atomic mass is 9.76. The number of fused-ring (bicyclic) bond motifs is 3. The predicted molar refractivity (Wildman–Crippen MR) is 405 cm³/mol. The van der Waals surface area contributed by atoms with Crippen LogP contribution in [0.1, 0.15) is 182 Å². The Kier molecular flexibility index (Phi) is 34.0. The highest BCUT2D eigenvalue weighted by Crippen LogP contribution is 2.45. The first kappa shape index (κ1) is 92.7. The maximum atomic E-state index is 15.8. The minimum atomic E-state index is -5.22. The number of hydrogen-bond donors (Lipinski definition) is 3. The van der Waals surface area contributed by atoms with Crippen molar-refractivity contribution >= 4 is 65.0 Å². The van der Waals surface area contributed by atoms with E-state index in [0.29, 0.717) is 64.2 Å². The van der Waals surface area contributed by atoms with Crippen molar-refractivity contribution in [3.05, 3.63) is 37.6 Å². The van der Waals surface area contributed by atoms with Gasteiger partial charge in [-0.25, -0.2) is 8.78 Å². The maximum absolute atomic E-state index is 15.8. The summed E-state index contributed by atoms with van der Waals surface area (Å²) in [7, 11) is 8.36. The number of ether oxygens (including phenoxy) is 2. The van der Waals surface area contributed by atoms with Crippen molar-refractivity contribution in [2.24, 2.45) is 35.5 Å². The van der Waals surface area contributed by atoms with E-state index in [4.69, 9.17) is 9.47 Å². The largest absolute Gasteiger partial charge is 0.397 e. The first-order valence-corrected chi connectivity index (χ1v) is 40.6. The highest BCUT2D eigenvalue weighted by molar-refractivity contribution is 6.00. The fourth-order valence-corrected chi connectivity index (χ4v) is 17.9. The fourth-order valence-electron chi connectivity index (χ4n) is 17.9. The molecule has 25 nitrogen and oxygen atoms in total. The molecule has 13 atom stereocenters. The summed E-state index contributed by atoms with van der Waals surface area (Å²) in [5, 5.41) is 8.81. The van der Waals surface area contributed by atoms with Crippen molar-refractivity contribution < 1.29 is 97.3 Å². The van der Waals surface area contributed by atoms with E-state index in [0.717, 1.165) is 9.80 Å². The first-order chi connectivity index (χ1) is 53.2. The van der Waals surface area contributed by atoms with E-state index >= 15 is 51.9 Å². The van der Waals surface area contributed by atoms with Crippen molar-refractivity contribution in [1.29, 1.82) is 0 Å². The number of nitrogens with zero attached hydrogens (tertiary/aromatic N) is 9. The quantitative estimate of drug-likeness (QED) is 0.0706. The minimum Gasteiger partial charge on any atom is -0.378 e. The van der Waals surface area contributed by atoms with Crippen molar-refractivity contribution in [3.8, 4) is 0 Å². The number of nitrogens with one attached hydrogen (secondary N) is 3. The molecule has 33 heteroatoms. The molecule has 2 unspecified atom stereocenters. The van der Waals surface area contributed by atoms with Crippen LogP contribution in [0.3, 0.4) is 0 Å². The van der Waals surface area contributed by atoms with E-state index in [1.165, 1.54) is 89.6 Å². The molecule has 3 saturated carbocycles. The van der Waals surface area contributed by atoms with E-state index in [-0.39, 0.29) is 116 Å². The normalized spacial score (nSPS) is 32.0. The number of hydrogen-bond acceptors (Lipinski definition) is 14. The summed E-state index contributed by atoms with van der Waals surface area (Å²) in [6.07, 6.45) is -11.7. The molecule has 4 heterocycles. The van der Waals surface area contributed by atoms with Crippen molar-refractivity contribution in [2.75, 3.05) is 101 Å². The number of allylic oxidation sites excluding steroid dienone is 1. The zero-order chi connectivity index (χ0) is 83.7. The average molecular weight is 1610 g/mol. The number of carbonyl (C=O) groups is 11. The summed E-state index contributed by atoms with van der Waals surface area (Å²) in [6.45, 7) is 17.8. The molecule has 0 aromatic carbocycles. The number of amides is 11. The fraction of sp³-hybridized carbons (Fsp3) is 0.787. The second-order valence-corrected chi connectivity index (χ2v) is 32.9. The minimum absolute atomic E-state index is 0.0134. The molecular formula is C80H124F8N12O13. The van der Waals surface area contributed by atoms with Gasteiger partial charge < -0.3 is 69.5 Å². The Morgan fingerprint density at radius 3 is 1.87 bits per heavy atom. The van der Waals surface area contributed by atoms with Gasteiger partial charge in [-0.1, -0.05) is 64.7 Å². The molecular weight excluding hydrogens is 1490 g/mol. The third kappa shape index (κ3) is 23.7. The Hall–Kier alpha value is -7.45. The van der Waals surface area contributed by atoms with Crippen LogP contribution < -0.4 is 16.0 Å². The van der Waals surface area contributed by atoms with Crippen LogP contribution in [0.25, 0.3) is 0 Å². The van der Waals surface area contributed by atoms with Crippen molar-refractivity contribution in [2.45, 2.75) is 266 Å². The molecule has 4 saturated heterocycles. The van der Waals surface area contributed by atoms with Gasteiger partial charge in [-0.05, 0) is 147 Å². The van der Waals surface area contributed by atoms with Gasteiger partial charge in [-0.3, -0.25) is 52.7 Å². The predicted octanol–water partition coefficient (Wildman–Crippen LogP) is 8.05. The molecule has 7 rings (SSSR count). The van der Waals surface area contributed by atoms with Crippen LogP contribution in [0.15, 0.2) is 37.6 Å². The summed E-state index contributed by atoms with van der Waals surface area (Å²) in [5.74, 6) is -15.5. The Labute approximate surface area is 660 Å². The van der Waals surface area contributed by atoms with Crippen molar-refractivity contribution in [1.82, 2.24) is 60.0 Å². The van der Waals surface area contributed by atoms with Crippen LogP contribution in [-0.2, 0) is 62.2 Å². The summed E-state index contributed by atoms with van der Waals surface area (Å²) in [4.78, 5) is 180. The lowest BCUT2D eigenvalue weighted by molar-refractivity contribution is -0.219. The Balaban J connectivity index is 1.35. The average Bonchev–Trinajstić information content (AvgIpc) is 1.77. The molecule has 638 valence electrons. The van der Waals surface area contributed by atoms with Crippen LogP contribution >= 0.6 is 0 Å². The van der Waals surface area contributed by atoms with Crippen LogP contribution in [0.2, 0.25) is 0 Å². The Bertz CT molecular complexity index is 3320. The van der Waals surface area contributed by atoms with Crippen LogP contribution in [-0.4, -0.2) is 295 Å². The van der Waals surface area contributed by atoms with Gasteiger partial charge in [0, 0.05) is 87.2 Å². The molecule has 11 amide bonds. The van der Waals surface area contributed by atoms with Gasteiger partial charge in [0.15, 0.2) is 0 Å². The number of halogens is 8. The van der Waals surface area contributed by atoms with Gasteiger partial charge in [0.2, 0.25) is 65.0 Å². The van der Waals surface area contributed by atoms with Gasteiger partial charge in [-0.15, -0.1) is 13.2 Å². The topological polar surface area (TPSA) is 271 Å². The Morgan fingerprint density at radius 1 is 0.646 bits per heavy atom. The number of likely N-dealkylation sites (N-methyl/N-ethyl adjacent to an activating group) is 6. The highest BCUT2D eigenvalue weighted by Gasteiger charge is 2.55. The zero-order valence-corrected chi connectivity index (χ0v) is 67.8. The summed E-state index contributed by atoms with van der Waals surface area (Å²) < 4.78 is 127. The lowest BCUT2D eigenvalue weighted by Gasteiger charge is -2.42. The first-order valence-electron chi connectivity index (χ1n) is 40.6. The van der Waals surface area contributed by atoms with Crippen molar-refractivity contribution in [3.63, 3.8) is 0 Å². The van der Waals surface area contributed by atoms with E-state index in [1.54, 1.807) is 13.0 Å². The molecule has 3 aliphatic carbocycles.